The zero-order chi connectivity index (χ0) is 10.3. The zero-order valence-electron chi connectivity index (χ0n) is 8.42. The lowest BCUT2D eigenvalue weighted by molar-refractivity contribution is -0.130. The van der Waals surface area contributed by atoms with Crippen LogP contribution in [-0.4, -0.2) is 29.9 Å². The lowest BCUT2D eigenvalue weighted by atomic mass is 10.1. The summed E-state index contributed by atoms with van der Waals surface area (Å²) in [5, 5.41) is 0. The third kappa shape index (κ3) is 4.54. The molecule has 13 heavy (non-hydrogen) atoms. The predicted molar refractivity (Wildman–Crippen MR) is 54.0 cm³/mol. The van der Waals surface area contributed by atoms with Crippen molar-refractivity contribution in [1.82, 2.24) is 4.90 Å². The molecule has 1 amide bonds. The van der Waals surface area contributed by atoms with Gasteiger partial charge in [0, 0.05) is 19.0 Å². The monoisotopic (exact) mass is 182 g/mol. The lowest BCUT2D eigenvalue weighted by Gasteiger charge is -2.19. The van der Waals surface area contributed by atoms with Crippen LogP contribution in [0.4, 0.5) is 0 Å². The van der Waals surface area contributed by atoms with E-state index in [1.807, 2.05) is 13.8 Å². The normalized spacial score (nSPS) is 11.8. The second-order valence-corrected chi connectivity index (χ2v) is 2.98. The van der Waals surface area contributed by atoms with Crippen LogP contribution in [0.2, 0.25) is 0 Å². The van der Waals surface area contributed by atoms with Crippen LogP contribution in [-0.2, 0) is 4.79 Å². The van der Waals surface area contributed by atoms with Gasteiger partial charge in [-0.2, -0.15) is 0 Å². The largest absolute Gasteiger partial charge is 0.332 e. The number of carbonyl (C=O) groups excluding carboxylic acids is 1. The van der Waals surface area contributed by atoms with Crippen molar-refractivity contribution in [3.05, 3.63) is 0 Å². The van der Waals surface area contributed by atoms with E-state index in [4.69, 9.17) is 12.2 Å². The highest BCUT2D eigenvalue weighted by molar-refractivity contribution is 5.77. The molecule has 3 heteroatoms. The van der Waals surface area contributed by atoms with E-state index in [1.165, 1.54) is 0 Å². The number of terminal acetylenes is 1. The van der Waals surface area contributed by atoms with E-state index >= 15 is 0 Å². The quantitative estimate of drug-likeness (QED) is 0.633. The Balaban J connectivity index is 3.99. The van der Waals surface area contributed by atoms with E-state index in [0.717, 1.165) is 6.42 Å². The van der Waals surface area contributed by atoms with Crippen molar-refractivity contribution in [3.8, 4) is 12.3 Å². The average Bonchev–Trinajstić information content (AvgIpc) is 2.13. The van der Waals surface area contributed by atoms with E-state index in [-0.39, 0.29) is 11.9 Å². The number of nitrogens with two attached hydrogens (primary N) is 1. The van der Waals surface area contributed by atoms with E-state index in [1.54, 1.807) is 4.90 Å². The van der Waals surface area contributed by atoms with Crippen molar-refractivity contribution >= 4 is 5.91 Å². The van der Waals surface area contributed by atoms with Gasteiger partial charge >= 0.3 is 0 Å². The second kappa shape index (κ2) is 6.50. The van der Waals surface area contributed by atoms with Gasteiger partial charge in [-0.25, -0.2) is 0 Å². The Kier molecular flexibility index (Phi) is 5.99. The van der Waals surface area contributed by atoms with Gasteiger partial charge in [-0.15, -0.1) is 6.42 Å². The third-order valence-corrected chi connectivity index (χ3v) is 1.98. The van der Waals surface area contributed by atoms with Crippen molar-refractivity contribution < 1.29 is 4.79 Å². The summed E-state index contributed by atoms with van der Waals surface area (Å²) in [6.07, 6.45) is 6.34. The molecule has 0 rings (SSSR count). The SMILES string of the molecule is C#CCN(CC)C(=O)CC(N)CC. The molecule has 0 aromatic heterocycles. The van der Waals surface area contributed by atoms with Gasteiger partial charge in [-0.3, -0.25) is 4.79 Å². The van der Waals surface area contributed by atoms with Gasteiger partial charge in [-0.05, 0) is 13.3 Å². The Hall–Kier alpha value is -1.01. The van der Waals surface area contributed by atoms with Gasteiger partial charge in [0.25, 0.3) is 0 Å². The first-order valence-electron chi connectivity index (χ1n) is 4.62. The highest BCUT2D eigenvalue weighted by Crippen LogP contribution is 1.99. The molecule has 2 N–H and O–H groups in total. The Morgan fingerprint density at radius 3 is 2.62 bits per heavy atom. The fourth-order valence-corrected chi connectivity index (χ4v) is 0.984. The standard InChI is InChI=1S/C10H18N2O/c1-4-7-12(6-3)10(13)8-9(11)5-2/h1,9H,5-8,11H2,2-3H3. The van der Waals surface area contributed by atoms with Crippen LogP contribution >= 0.6 is 0 Å². The summed E-state index contributed by atoms with van der Waals surface area (Å²) in [4.78, 5) is 13.1. The third-order valence-electron chi connectivity index (χ3n) is 1.98. The summed E-state index contributed by atoms with van der Waals surface area (Å²) in [6, 6.07) is -0.0423. The van der Waals surface area contributed by atoms with Gasteiger partial charge < -0.3 is 10.6 Å². The first-order valence-corrected chi connectivity index (χ1v) is 4.62. The van der Waals surface area contributed by atoms with Crippen LogP contribution in [0.25, 0.3) is 0 Å². The van der Waals surface area contributed by atoms with Crippen molar-refractivity contribution in [3.63, 3.8) is 0 Å². The molecule has 0 aromatic rings. The molecule has 3 nitrogen and oxygen atoms in total. The molecule has 0 aliphatic heterocycles. The fourth-order valence-electron chi connectivity index (χ4n) is 0.984. The maximum atomic E-state index is 11.5. The highest BCUT2D eigenvalue weighted by Gasteiger charge is 2.13. The van der Waals surface area contributed by atoms with Gasteiger partial charge in [0.2, 0.25) is 5.91 Å². The molecule has 0 saturated heterocycles. The first kappa shape index (κ1) is 12.0. The number of carbonyl (C=O) groups is 1. The molecule has 1 atom stereocenters. The summed E-state index contributed by atoms with van der Waals surface area (Å²) < 4.78 is 0. The Morgan fingerprint density at radius 2 is 2.23 bits per heavy atom. The van der Waals surface area contributed by atoms with Crippen LogP contribution in [0.3, 0.4) is 0 Å². The summed E-state index contributed by atoms with van der Waals surface area (Å²) in [5.41, 5.74) is 5.66. The molecule has 0 aliphatic rings. The Morgan fingerprint density at radius 1 is 1.62 bits per heavy atom. The number of amides is 1. The van der Waals surface area contributed by atoms with Crippen LogP contribution in [0.15, 0.2) is 0 Å². The lowest BCUT2D eigenvalue weighted by Crippen LogP contribution is -2.35. The molecule has 0 aliphatic carbocycles. The number of hydrogen-bond acceptors (Lipinski definition) is 2. The number of rotatable bonds is 5. The molecule has 1 unspecified atom stereocenters. The van der Waals surface area contributed by atoms with Gasteiger partial charge in [0.15, 0.2) is 0 Å². The van der Waals surface area contributed by atoms with Crippen molar-refractivity contribution in [2.75, 3.05) is 13.1 Å². The molecule has 0 aromatic carbocycles. The molecule has 0 fully saturated rings. The Bertz CT molecular complexity index is 196. The molecule has 0 heterocycles. The molecule has 0 bridgehead atoms. The van der Waals surface area contributed by atoms with Crippen molar-refractivity contribution in [2.45, 2.75) is 32.7 Å². The highest BCUT2D eigenvalue weighted by atomic mass is 16.2. The molecule has 0 saturated carbocycles. The fraction of sp³-hybridized carbons (Fsp3) is 0.700. The second-order valence-electron chi connectivity index (χ2n) is 2.98. The van der Waals surface area contributed by atoms with E-state index in [2.05, 4.69) is 5.92 Å². The topological polar surface area (TPSA) is 46.3 Å². The molecular formula is C10H18N2O. The predicted octanol–water partition coefficient (Wildman–Crippen LogP) is 0.596. The summed E-state index contributed by atoms with van der Waals surface area (Å²) in [6.45, 7) is 4.91. The summed E-state index contributed by atoms with van der Waals surface area (Å²) >= 11 is 0. The average molecular weight is 182 g/mol. The molecule has 0 radical (unpaired) electrons. The summed E-state index contributed by atoms with van der Waals surface area (Å²) in [5.74, 6) is 2.51. The van der Waals surface area contributed by atoms with E-state index in [0.29, 0.717) is 19.5 Å². The van der Waals surface area contributed by atoms with Gasteiger partial charge in [0.1, 0.15) is 0 Å². The van der Waals surface area contributed by atoms with E-state index in [9.17, 15) is 4.79 Å². The van der Waals surface area contributed by atoms with E-state index < -0.39 is 0 Å². The van der Waals surface area contributed by atoms with Crippen LogP contribution in [0.1, 0.15) is 26.7 Å². The minimum absolute atomic E-state index is 0.0423. The minimum Gasteiger partial charge on any atom is -0.332 e. The van der Waals surface area contributed by atoms with Crippen molar-refractivity contribution in [2.24, 2.45) is 5.73 Å². The maximum Gasteiger partial charge on any atom is 0.224 e. The van der Waals surface area contributed by atoms with Crippen LogP contribution in [0.5, 0.6) is 0 Å². The molecular weight excluding hydrogens is 164 g/mol. The first-order chi connectivity index (χ1) is 6.15. The van der Waals surface area contributed by atoms with Gasteiger partial charge in [0.05, 0.1) is 6.54 Å². The maximum absolute atomic E-state index is 11.5. The minimum atomic E-state index is -0.0423. The smallest absolute Gasteiger partial charge is 0.224 e. The zero-order valence-corrected chi connectivity index (χ0v) is 8.42. The number of nitrogens with zero attached hydrogens (tertiary/aromatic N) is 1. The number of hydrogen-bond donors (Lipinski definition) is 1. The summed E-state index contributed by atoms with van der Waals surface area (Å²) in [7, 11) is 0. The van der Waals surface area contributed by atoms with Gasteiger partial charge in [-0.1, -0.05) is 12.8 Å². The molecule has 0 spiro atoms. The van der Waals surface area contributed by atoms with Crippen molar-refractivity contribution in [1.29, 1.82) is 0 Å². The van der Waals surface area contributed by atoms with Crippen LogP contribution in [0, 0.1) is 12.3 Å². The Labute approximate surface area is 80.3 Å². The molecule has 74 valence electrons. The van der Waals surface area contributed by atoms with Crippen LogP contribution < -0.4 is 5.73 Å².